The van der Waals surface area contributed by atoms with Crippen molar-refractivity contribution >= 4 is 11.8 Å². The molecule has 1 amide bonds. The number of carboxylic acid groups (broad SMARTS) is 1. The second kappa shape index (κ2) is 7.01. The molecule has 0 radical (unpaired) electrons. The molecule has 0 spiro atoms. The Balaban J connectivity index is 1.80. The van der Waals surface area contributed by atoms with Gasteiger partial charge in [-0.2, -0.15) is 0 Å². The molecule has 1 unspecified atom stereocenters. The predicted octanol–water partition coefficient (Wildman–Crippen LogP) is 3.20. The normalized spacial score (nSPS) is 21.7. The van der Waals surface area contributed by atoms with Crippen molar-refractivity contribution in [1.82, 2.24) is 9.80 Å². The van der Waals surface area contributed by atoms with Crippen LogP contribution in [0.4, 0.5) is 10.5 Å². The highest BCUT2D eigenvalue weighted by Gasteiger charge is 2.28. The molecule has 1 saturated heterocycles. The van der Waals surface area contributed by atoms with Gasteiger partial charge in [0.05, 0.1) is 6.04 Å². The van der Waals surface area contributed by atoms with Gasteiger partial charge in [-0.1, -0.05) is 6.07 Å². The van der Waals surface area contributed by atoms with Gasteiger partial charge in [0.1, 0.15) is 0 Å². The SMILES string of the molecule is CC(C)N1CCN(c2ccc3c(c2)C(N(C)C(=O)O)CCC3)CC1. The molecular formula is C19H29N3O2. The summed E-state index contributed by atoms with van der Waals surface area (Å²) in [7, 11) is 1.69. The van der Waals surface area contributed by atoms with Gasteiger partial charge in [-0.25, -0.2) is 4.79 Å². The second-order valence-electron chi connectivity index (χ2n) is 7.30. The van der Waals surface area contributed by atoms with E-state index in [4.69, 9.17) is 0 Å². The lowest BCUT2D eigenvalue weighted by Crippen LogP contribution is -2.49. The molecule has 5 heteroatoms. The molecule has 1 N–H and O–H groups in total. The average Bonchev–Trinajstić information content (AvgIpc) is 2.60. The van der Waals surface area contributed by atoms with Gasteiger partial charge in [-0.3, -0.25) is 4.90 Å². The summed E-state index contributed by atoms with van der Waals surface area (Å²) in [5.41, 5.74) is 3.75. The number of aryl methyl sites for hydroxylation is 1. The largest absolute Gasteiger partial charge is 0.465 e. The van der Waals surface area contributed by atoms with Crippen molar-refractivity contribution in [3.8, 4) is 0 Å². The predicted molar refractivity (Wildman–Crippen MR) is 96.8 cm³/mol. The first-order valence-electron chi connectivity index (χ1n) is 9.05. The monoisotopic (exact) mass is 331 g/mol. The zero-order valence-corrected chi connectivity index (χ0v) is 15.0. The molecule has 1 aliphatic heterocycles. The minimum atomic E-state index is -0.844. The minimum absolute atomic E-state index is 0.0110. The number of fused-ring (bicyclic) bond motifs is 1. The van der Waals surface area contributed by atoms with Gasteiger partial charge in [0, 0.05) is 45.0 Å². The van der Waals surface area contributed by atoms with Gasteiger partial charge < -0.3 is 14.9 Å². The summed E-state index contributed by atoms with van der Waals surface area (Å²) < 4.78 is 0. The fourth-order valence-electron chi connectivity index (χ4n) is 3.99. The van der Waals surface area contributed by atoms with Gasteiger partial charge in [0.2, 0.25) is 0 Å². The lowest BCUT2D eigenvalue weighted by molar-refractivity contribution is 0.133. The van der Waals surface area contributed by atoms with Gasteiger partial charge >= 0.3 is 6.09 Å². The number of carbonyl (C=O) groups is 1. The number of amides is 1. The maximum atomic E-state index is 11.4. The number of piperazine rings is 1. The van der Waals surface area contributed by atoms with E-state index in [1.165, 1.54) is 21.7 Å². The van der Waals surface area contributed by atoms with E-state index >= 15 is 0 Å². The van der Waals surface area contributed by atoms with E-state index in [0.717, 1.165) is 45.4 Å². The Kier molecular flexibility index (Phi) is 4.99. The summed E-state index contributed by atoms with van der Waals surface area (Å²) in [6.45, 7) is 8.76. The van der Waals surface area contributed by atoms with Crippen molar-refractivity contribution in [2.24, 2.45) is 0 Å². The van der Waals surface area contributed by atoms with Crippen LogP contribution < -0.4 is 4.90 Å². The van der Waals surface area contributed by atoms with Crippen LogP contribution in [0.15, 0.2) is 18.2 Å². The van der Waals surface area contributed by atoms with E-state index in [9.17, 15) is 9.90 Å². The highest BCUT2D eigenvalue weighted by Crippen LogP contribution is 2.36. The fraction of sp³-hybridized carbons (Fsp3) is 0.632. The molecule has 132 valence electrons. The molecule has 24 heavy (non-hydrogen) atoms. The van der Waals surface area contributed by atoms with Crippen LogP contribution in [0.1, 0.15) is 43.9 Å². The van der Waals surface area contributed by atoms with Crippen LogP contribution in [0, 0.1) is 0 Å². The Morgan fingerprint density at radius 2 is 1.96 bits per heavy atom. The molecule has 2 aliphatic rings. The minimum Gasteiger partial charge on any atom is -0.465 e. The van der Waals surface area contributed by atoms with Crippen LogP contribution in [-0.2, 0) is 6.42 Å². The smallest absolute Gasteiger partial charge is 0.407 e. The maximum Gasteiger partial charge on any atom is 0.407 e. The van der Waals surface area contributed by atoms with Crippen molar-refractivity contribution in [2.75, 3.05) is 38.1 Å². The lowest BCUT2D eigenvalue weighted by Gasteiger charge is -2.39. The number of hydrogen-bond acceptors (Lipinski definition) is 3. The maximum absolute atomic E-state index is 11.4. The van der Waals surface area contributed by atoms with E-state index in [1.807, 2.05) is 0 Å². The molecule has 1 aromatic rings. The van der Waals surface area contributed by atoms with E-state index in [2.05, 4.69) is 41.8 Å². The van der Waals surface area contributed by atoms with Crippen molar-refractivity contribution in [3.05, 3.63) is 29.3 Å². The standard InChI is InChI=1S/C19H29N3O2/c1-14(2)21-9-11-22(12-10-21)16-8-7-15-5-4-6-18(17(15)13-16)20(3)19(23)24/h7-8,13-14,18H,4-6,9-12H2,1-3H3,(H,23,24). The Hall–Kier alpha value is -1.75. The van der Waals surface area contributed by atoms with Gasteiger partial charge in [0.15, 0.2) is 0 Å². The Morgan fingerprint density at radius 1 is 1.25 bits per heavy atom. The number of rotatable bonds is 3. The number of nitrogens with zero attached hydrogens (tertiary/aromatic N) is 3. The van der Waals surface area contributed by atoms with Crippen LogP contribution >= 0.6 is 0 Å². The summed E-state index contributed by atoms with van der Waals surface area (Å²) in [5.74, 6) is 0. The zero-order valence-electron chi connectivity index (χ0n) is 15.0. The first kappa shape index (κ1) is 17.1. The molecule has 1 aliphatic carbocycles. The molecule has 0 aromatic heterocycles. The Bertz CT molecular complexity index is 594. The summed E-state index contributed by atoms with van der Waals surface area (Å²) in [6.07, 6.45) is 2.19. The molecule has 1 heterocycles. The highest BCUT2D eigenvalue weighted by atomic mass is 16.4. The van der Waals surface area contributed by atoms with Crippen LogP contribution in [0.3, 0.4) is 0 Å². The molecule has 1 atom stereocenters. The van der Waals surface area contributed by atoms with E-state index in [-0.39, 0.29) is 6.04 Å². The van der Waals surface area contributed by atoms with Crippen LogP contribution in [0.2, 0.25) is 0 Å². The third kappa shape index (κ3) is 3.36. The van der Waals surface area contributed by atoms with Gasteiger partial charge in [0.25, 0.3) is 0 Å². The number of anilines is 1. The Labute approximate surface area is 144 Å². The first-order valence-corrected chi connectivity index (χ1v) is 9.05. The topological polar surface area (TPSA) is 47.0 Å². The van der Waals surface area contributed by atoms with E-state index in [1.54, 1.807) is 7.05 Å². The van der Waals surface area contributed by atoms with Crippen molar-refractivity contribution in [3.63, 3.8) is 0 Å². The molecule has 0 saturated carbocycles. The molecule has 0 bridgehead atoms. The fourth-order valence-corrected chi connectivity index (χ4v) is 3.99. The average molecular weight is 331 g/mol. The van der Waals surface area contributed by atoms with Crippen LogP contribution in [0.5, 0.6) is 0 Å². The summed E-state index contributed by atoms with van der Waals surface area (Å²) in [6, 6.07) is 7.25. The van der Waals surface area contributed by atoms with Crippen LogP contribution in [-0.4, -0.2) is 60.3 Å². The van der Waals surface area contributed by atoms with Crippen molar-refractivity contribution in [2.45, 2.75) is 45.2 Å². The van der Waals surface area contributed by atoms with Crippen molar-refractivity contribution < 1.29 is 9.90 Å². The molecule has 5 nitrogen and oxygen atoms in total. The molecule has 3 rings (SSSR count). The second-order valence-corrected chi connectivity index (χ2v) is 7.30. The van der Waals surface area contributed by atoms with E-state index in [0.29, 0.717) is 6.04 Å². The zero-order chi connectivity index (χ0) is 17.3. The molecule has 1 aromatic carbocycles. The molecule has 1 fully saturated rings. The highest BCUT2D eigenvalue weighted by molar-refractivity contribution is 5.66. The van der Waals surface area contributed by atoms with Gasteiger partial charge in [-0.05, 0) is 56.4 Å². The third-order valence-corrected chi connectivity index (χ3v) is 5.59. The van der Waals surface area contributed by atoms with E-state index < -0.39 is 6.09 Å². The number of hydrogen-bond donors (Lipinski definition) is 1. The van der Waals surface area contributed by atoms with Gasteiger partial charge in [-0.15, -0.1) is 0 Å². The quantitative estimate of drug-likeness (QED) is 0.924. The Morgan fingerprint density at radius 3 is 2.58 bits per heavy atom. The summed E-state index contributed by atoms with van der Waals surface area (Å²) >= 11 is 0. The third-order valence-electron chi connectivity index (χ3n) is 5.59. The van der Waals surface area contributed by atoms with Crippen LogP contribution in [0.25, 0.3) is 0 Å². The summed E-state index contributed by atoms with van der Waals surface area (Å²) in [5, 5.41) is 9.37. The summed E-state index contributed by atoms with van der Waals surface area (Å²) in [4.78, 5) is 17.8. The first-order chi connectivity index (χ1) is 11.5. The number of benzene rings is 1. The lowest BCUT2D eigenvalue weighted by atomic mass is 9.86. The molecular weight excluding hydrogens is 302 g/mol. The van der Waals surface area contributed by atoms with Crippen molar-refractivity contribution in [1.29, 1.82) is 0 Å².